The van der Waals surface area contributed by atoms with Crippen molar-refractivity contribution in [3.63, 3.8) is 0 Å². The van der Waals surface area contributed by atoms with Crippen LogP contribution in [0.5, 0.6) is 0 Å². The number of rotatable bonds is 7. The van der Waals surface area contributed by atoms with Gasteiger partial charge in [0.25, 0.3) is 12.1 Å². The Hall–Kier alpha value is -1.96. The van der Waals surface area contributed by atoms with E-state index in [1.54, 1.807) is 0 Å². The summed E-state index contributed by atoms with van der Waals surface area (Å²) in [6.45, 7) is -0.547. The number of primary amides is 1. The number of aliphatic hydroxyl groups excluding tert-OH is 2. The molecule has 0 spiro atoms. The molecule has 0 bridgehead atoms. The van der Waals surface area contributed by atoms with Gasteiger partial charge in [0.05, 0.1) is 35.6 Å². The number of likely N-dealkylation sites (N-methyl/N-ethyl adjacent to an activating group) is 1. The quantitative estimate of drug-likeness (QED) is 0.181. The molecule has 5 N–H and O–H groups in total. The van der Waals surface area contributed by atoms with Gasteiger partial charge < -0.3 is 49.1 Å². The fourth-order valence-electron chi connectivity index (χ4n) is 2.48. The molecule has 0 saturated carbocycles. The number of aliphatic carboxylic acids is 1. The van der Waals surface area contributed by atoms with Crippen LogP contribution < -0.4 is 20.1 Å². The van der Waals surface area contributed by atoms with Gasteiger partial charge in [0.1, 0.15) is 17.8 Å². The van der Waals surface area contributed by atoms with Crippen molar-refractivity contribution in [3.8, 4) is 0 Å². The molecule has 1 aliphatic rings. The molecular formula is C16H26N3O10P. The highest BCUT2D eigenvalue weighted by Crippen LogP contribution is 2.30. The number of carboxylic acids is 1. The van der Waals surface area contributed by atoms with Gasteiger partial charge in [-0.25, -0.2) is 4.79 Å². The number of quaternary nitrogens is 1. The maximum Gasteiger partial charge on any atom is 0.359 e. The summed E-state index contributed by atoms with van der Waals surface area (Å²) in [5, 5.41) is 28.0. The third kappa shape index (κ3) is 8.81. The molecule has 1 aromatic rings. The number of phosphoric acid groups is 1. The Morgan fingerprint density at radius 1 is 1.30 bits per heavy atom. The summed E-state index contributed by atoms with van der Waals surface area (Å²) in [6.07, 6.45) is -2.44. The second-order valence-corrected chi connectivity index (χ2v) is 8.69. The standard InChI is InChI=1S/C11H15N2O8P.C5H11NO2/c12-10(16)6-2-1-3-13(4-6)11-9(15)8(14)7(21-11)5-20-22(17,18)19;1-6(2,3)4-5(7)8/h1-4,7-9,11,14-15H,5H2,(H3-,12,16,17,18,19);4H2,1-3H3/t7-,8-,9-,11-;/m1./s1. The predicted molar refractivity (Wildman–Crippen MR) is 95.2 cm³/mol. The third-order valence-corrected chi connectivity index (χ3v) is 4.21. The average Bonchev–Trinajstić information content (AvgIpc) is 2.86. The number of hydrogen-bond donors (Lipinski definition) is 4. The van der Waals surface area contributed by atoms with Crippen LogP contribution in [-0.2, 0) is 18.6 Å². The second kappa shape index (κ2) is 10.4. The first-order valence-electron chi connectivity index (χ1n) is 8.62. The monoisotopic (exact) mass is 451 g/mol. The molecule has 14 heteroatoms. The van der Waals surface area contributed by atoms with E-state index in [4.69, 9.17) is 15.6 Å². The van der Waals surface area contributed by atoms with Crippen LogP contribution in [0.2, 0.25) is 0 Å². The second-order valence-electron chi connectivity index (χ2n) is 7.54. The van der Waals surface area contributed by atoms with Crippen molar-refractivity contribution >= 4 is 19.7 Å². The molecule has 4 atom stereocenters. The van der Waals surface area contributed by atoms with Crippen LogP contribution in [0.4, 0.5) is 0 Å². The molecule has 1 aliphatic heterocycles. The zero-order valence-electron chi connectivity index (χ0n) is 16.7. The summed E-state index contributed by atoms with van der Waals surface area (Å²) in [5.74, 6) is -1.45. The maximum atomic E-state index is 11.1. The van der Waals surface area contributed by atoms with Crippen LogP contribution in [0.15, 0.2) is 24.5 Å². The van der Waals surface area contributed by atoms with Gasteiger partial charge in [0.15, 0.2) is 25.0 Å². The number of nitrogens with zero attached hydrogens (tertiary/aromatic N) is 2. The van der Waals surface area contributed by atoms with Crippen molar-refractivity contribution in [1.29, 1.82) is 0 Å². The molecule has 1 amide bonds. The van der Waals surface area contributed by atoms with E-state index < -0.39 is 50.8 Å². The summed E-state index contributed by atoms with van der Waals surface area (Å²) < 4.78 is 21.5. The summed E-state index contributed by atoms with van der Waals surface area (Å²) >= 11 is 0. The Labute approximate surface area is 172 Å². The van der Waals surface area contributed by atoms with E-state index in [0.29, 0.717) is 4.48 Å². The Bertz CT molecular complexity index is 794. The number of carbonyl (C=O) groups excluding carboxylic acids is 1. The number of phosphoric ester groups is 1. The van der Waals surface area contributed by atoms with Gasteiger partial charge in [0, 0.05) is 6.07 Å². The normalized spacial score (nSPS) is 24.1. The van der Waals surface area contributed by atoms with Gasteiger partial charge in [-0.3, -0.25) is 4.79 Å². The largest absolute Gasteiger partial charge is 0.790 e. The molecular weight excluding hydrogens is 425 g/mol. The number of carbonyl (C=O) groups is 2. The smallest absolute Gasteiger partial charge is 0.359 e. The first-order valence-corrected chi connectivity index (χ1v) is 10.1. The van der Waals surface area contributed by atoms with Crippen molar-refractivity contribution < 1.29 is 57.6 Å². The van der Waals surface area contributed by atoms with E-state index >= 15 is 0 Å². The van der Waals surface area contributed by atoms with Crippen molar-refractivity contribution in [3.05, 3.63) is 30.1 Å². The number of hydrogen-bond acceptors (Lipinski definition) is 9. The molecule has 0 aromatic carbocycles. The third-order valence-electron chi connectivity index (χ3n) is 3.74. The molecule has 0 aliphatic carbocycles. The number of amides is 1. The molecule has 1 saturated heterocycles. The topological polar surface area (TPSA) is 206 Å². The lowest BCUT2D eigenvalue weighted by molar-refractivity contribution is -0.862. The van der Waals surface area contributed by atoms with E-state index in [0.717, 1.165) is 0 Å². The molecule has 2 heterocycles. The average molecular weight is 451 g/mol. The van der Waals surface area contributed by atoms with Crippen LogP contribution in [0.1, 0.15) is 16.6 Å². The Kier molecular flexibility index (Phi) is 9.02. The van der Waals surface area contributed by atoms with Gasteiger partial charge in [-0.05, 0) is 6.07 Å². The minimum absolute atomic E-state index is 0.149. The number of nitrogens with two attached hydrogens (primary N) is 1. The van der Waals surface area contributed by atoms with Crippen molar-refractivity contribution in [1.82, 2.24) is 0 Å². The Balaban J connectivity index is 0.000000479. The van der Waals surface area contributed by atoms with E-state index in [2.05, 4.69) is 4.52 Å². The van der Waals surface area contributed by atoms with E-state index in [1.165, 1.54) is 29.1 Å². The van der Waals surface area contributed by atoms with Gasteiger partial charge in [-0.15, -0.1) is 0 Å². The highest BCUT2D eigenvalue weighted by atomic mass is 31.2. The number of pyridine rings is 1. The molecule has 0 unspecified atom stereocenters. The Morgan fingerprint density at radius 3 is 2.33 bits per heavy atom. The molecule has 2 rings (SSSR count). The Morgan fingerprint density at radius 2 is 1.90 bits per heavy atom. The molecule has 13 nitrogen and oxygen atoms in total. The highest BCUT2D eigenvalue weighted by molar-refractivity contribution is 7.43. The molecule has 30 heavy (non-hydrogen) atoms. The first kappa shape index (κ1) is 26.1. The fraction of sp³-hybridized carbons (Fsp3) is 0.562. The van der Waals surface area contributed by atoms with E-state index in [1.807, 2.05) is 21.1 Å². The highest BCUT2D eigenvalue weighted by Gasteiger charge is 2.48. The van der Waals surface area contributed by atoms with Crippen molar-refractivity contribution in [2.45, 2.75) is 24.5 Å². The summed E-state index contributed by atoms with van der Waals surface area (Å²) in [6, 6.07) is 2.93. The summed E-state index contributed by atoms with van der Waals surface area (Å²) in [7, 11) is 0.306. The van der Waals surface area contributed by atoms with E-state index in [9.17, 15) is 34.2 Å². The fourth-order valence-corrected chi connectivity index (χ4v) is 2.81. The van der Waals surface area contributed by atoms with Crippen LogP contribution in [-0.4, -0.2) is 84.3 Å². The zero-order valence-corrected chi connectivity index (χ0v) is 17.5. The molecule has 170 valence electrons. The van der Waals surface area contributed by atoms with Gasteiger partial charge in [-0.2, -0.15) is 4.57 Å². The van der Waals surface area contributed by atoms with E-state index in [-0.39, 0.29) is 12.1 Å². The lowest BCUT2D eigenvalue weighted by Crippen LogP contribution is -2.46. The maximum absolute atomic E-state index is 11.1. The lowest BCUT2D eigenvalue weighted by Gasteiger charge is -2.30. The van der Waals surface area contributed by atoms with Gasteiger partial charge in [0.2, 0.25) is 0 Å². The van der Waals surface area contributed by atoms with Crippen LogP contribution in [0.25, 0.3) is 0 Å². The first-order chi connectivity index (χ1) is 13.6. The molecule has 1 fully saturated rings. The van der Waals surface area contributed by atoms with Crippen molar-refractivity contribution in [2.24, 2.45) is 5.73 Å². The number of aromatic nitrogens is 1. The number of carboxylic acid groups (broad SMARTS) is 1. The number of aliphatic hydroxyl groups is 2. The molecule has 0 radical (unpaired) electrons. The van der Waals surface area contributed by atoms with Gasteiger partial charge >= 0.3 is 5.97 Å². The minimum atomic E-state index is -5.22. The SMILES string of the molecule is C[N+](C)(C)CC(=O)O.NC(=O)c1ccc[n+]([C@@H]2O[C@H](COP(=O)([O-])[O-])[C@@H](O)[C@H]2O)c1. The van der Waals surface area contributed by atoms with Gasteiger partial charge in [-0.1, -0.05) is 0 Å². The minimum Gasteiger partial charge on any atom is -0.790 e. The summed E-state index contributed by atoms with van der Waals surface area (Å²) in [5.41, 5.74) is 5.29. The summed E-state index contributed by atoms with van der Waals surface area (Å²) in [4.78, 5) is 42.0. The number of ether oxygens (including phenoxy) is 1. The lowest BCUT2D eigenvalue weighted by atomic mass is 10.1. The predicted octanol–water partition coefficient (Wildman–Crippen LogP) is -3.69. The van der Waals surface area contributed by atoms with Crippen LogP contribution in [0, 0.1) is 0 Å². The van der Waals surface area contributed by atoms with Crippen LogP contribution >= 0.6 is 7.82 Å². The van der Waals surface area contributed by atoms with Crippen molar-refractivity contribution in [2.75, 3.05) is 34.3 Å². The molecule has 1 aromatic heterocycles. The van der Waals surface area contributed by atoms with Crippen LogP contribution in [0.3, 0.4) is 0 Å². The zero-order chi connectivity index (χ0) is 23.3.